The number of carbonyl (C=O) groups excluding carboxylic acids is 1. The Morgan fingerprint density at radius 1 is 1.35 bits per heavy atom. The minimum absolute atomic E-state index is 0.0820. The number of ketones is 1. The van der Waals surface area contributed by atoms with Crippen LogP contribution in [0.3, 0.4) is 0 Å². The van der Waals surface area contributed by atoms with E-state index in [-0.39, 0.29) is 11.7 Å². The van der Waals surface area contributed by atoms with Crippen molar-refractivity contribution >= 4 is 21.7 Å². The number of rotatable bonds is 5. The van der Waals surface area contributed by atoms with Gasteiger partial charge in [-0.3, -0.25) is 4.79 Å². The predicted octanol–water partition coefficient (Wildman–Crippen LogP) is 4.39. The van der Waals surface area contributed by atoms with Crippen molar-refractivity contribution in [2.24, 2.45) is 5.92 Å². The highest BCUT2D eigenvalue weighted by atomic mass is 79.9. The zero-order valence-corrected chi connectivity index (χ0v) is 12.4. The van der Waals surface area contributed by atoms with E-state index in [1.807, 2.05) is 32.9 Å². The molecule has 0 aliphatic heterocycles. The molecule has 0 fully saturated rings. The molecule has 94 valence electrons. The third kappa shape index (κ3) is 3.09. The minimum atomic E-state index is 0.0820. The first kappa shape index (κ1) is 14.2. The molecule has 0 radical (unpaired) electrons. The number of ether oxygens (including phenoxy) is 1. The SMILES string of the molecule is CCC(CC)C(=O)c1cc(Br)c(C)cc1OC. The van der Waals surface area contributed by atoms with E-state index >= 15 is 0 Å². The van der Waals surface area contributed by atoms with Crippen molar-refractivity contribution < 1.29 is 9.53 Å². The maximum Gasteiger partial charge on any atom is 0.169 e. The molecule has 0 N–H and O–H groups in total. The molecule has 2 nitrogen and oxygen atoms in total. The van der Waals surface area contributed by atoms with Gasteiger partial charge in [0.15, 0.2) is 5.78 Å². The Bertz CT molecular complexity index is 409. The smallest absolute Gasteiger partial charge is 0.169 e. The van der Waals surface area contributed by atoms with E-state index in [0.717, 1.165) is 22.9 Å². The van der Waals surface area contributed by atoms with Gasteiger partial charge in [0, 0.05) is 10.4 Å². The van der Waals surface area contributed by atoms with Crippen LogP contribution in [0.1, 0.15) is 42.6 Å². The Balaban J connectivity index is 3.20. The molecule has 0 heterocycles. The Morgan fingerprint density at radius 3 is 2.41 bits per heavy atom. The van der Waals surface area contributed by atoms with Crippen LogP contribution >= 0.6 is 15.9 Å². The van der Waals surface area contributed by atoms with Crippen LogP contribution in [0.25, 0.3) is 0 Å². The summed E-state index contributed by atoms with van der Waals surface area (Å²) < 4.78 is 6.25. The summed E-state index contributed by atoms with van der Waals surface area (Å²) in [6.45, 7) is 6.07. The third-order valence-corrected chi connectivity index (χ3v) is 3.96. The first-order chi connectivity index (χ1) is 8.04. The zero-order valence-electron chi connectivity index (χ0n) is 10.8. The van der Waals surface area contributed by atoms with Crippen molar-refractivity contribution in [3.63, 3.8) is 0 Å². The monoisotopic (exact) mass is 298 g/mol. The van der Waals surface area contributed by atoms with Crippen LogP contribution in [0.4, 0.5) is 0 Å². The van der Waals surface area contributed by atoms with Crippen molar-refractivity contribution in [2.75, 3.05) is 7.11 Å². The van der Waals surface area contributed by atoms with E-state index in [1.54, 1.807) is 7.11 Å². The van der Waals surface area contributed by atoms with Crippen molar-refractivity contribution in [3.8, 4) is 5.75 Å². The van der Waals surface area contributed by atoms with E-state index in [9.17, 15) is 4.79 Å². The predicted molar refractivity (Wildman–Crippen MR) is 73.8 cm³/mol. The van der Waals surface area contributed by atoms with Crippen molar-refractivity contribution in [2.45, 2.75) is 33.6 Å². The third-order valence-electron chi connectivity index (χ3n) is 3.10. The molecule has 0 saturated carbocycles. The topological polar surface area (TPSA) is 26.3 Å². The Hall–Kier alpha value is -0.830. The summed E-state index contributed by atoms with van der Waals surface area (Å²) >= 11 is 3.46. The molecule has 3 heteroatoms. The molecular formula is C14H19BrO2. The molecule has 0 atom stereocenters. The molecule has 1 aromatic rings. The van der Waals surface area contributed by atoms with E-state index < -0.39 is 0 Å². The summed E-state index contributed by atoms with van der Waals surface area (Å²) in [5.74, 6) is 0.925. The summed E-state index contributed by atoms with van der Waals surface area (Å²) in [6, 6.07) is 3.77. The Labute approximate surface area is 111 Å². The average molecular weight is 299 g/mol. The summed E-state index contributed by atoms with van der Waals surface area (Å²) in [5.41, 5.74) is 1.75. The zero-order chi connectivity index (χ0) is 13.0. The van der Waals surface area contributed by atoms with Crippen LogP contribution in [-0.4, -0.2) is 12.9 Å². The highest BCUT2D eigenvalue weighted by molar-refractivity contribution is 9.10. The van der Waals surface area contributed by atoms with E-state index in [1.165, 1.54) is 0 Å². The molecule has 17 heavy (non-hydrogen) atoms. The molecule has 0 aromatic heterocycles. The second kappa shape index (κ2) is 6.20. The average Bonchev–Trinajstić information content (AvgIpc) is 2.33. The van der Waals surface area contributed by atoms with Gasteiger partial charge in [0.05, 0.1) is 12.7 Å². The minimum Gasteiger partial charge on any atom is -0.496 e. The van der Waals surface area contributed by atoms with Crippen LogP contribution in [0.2, 0.25) is 0 Å². The van der Waals surface area contributed by atoms with Gasteiger partial charge in [-0.1, -0.05) is 29.8 Å². The van der Waals surface area contributed by atoms with E-state index in [4.69, 9.17) is 4.74 Å². The normalized spacial score (nSPS) is 10.7. The lowest BCUT2D eigenvalue weighted by Gasteiger charge is -2.15. The van der Waals surface area contributed by atoms with Crippen molar-refractivity contribution in [1.82, 2.24) is 0 Å². The maximum atomic E-state index is 12.3. The fraction of sp³-hybridized carbons (Fsp3) is 0.500. The standard InChI is InChI=1S/C14H19BrO2/c1-5-10(6-2)14(16)11-8-12(15)9(3)7-13(11)17-4/h7-8,10H,5-6H2,1-4H3. The molecule has 0 unspecified atom stereocenters. The number of carbonyl (C=O) groups is 1. The quantitative estimate of drug-likeness (QED) is 0.754. The van der Waals surface area contributed by atoms with Gasteiger partial charge in [0.1, 0.15) is 5.75 Å². The van der Waals surface area contributed by atoms with Gasteiger partial charge >= 0.3 is 0 Å². The molecule has 0 bridgehead atoms. The van der Waals surface area contributed by atoms with E-state index in [0.29, 0.717) is 11.3 Å². The number of hydrogen-bond donors (Lipinski definition) is 0. The number of aryl methyl sites for hydroxylation is 1. The number of hydrogen-bond acceptors (Lipinski definition) is 2. The second-order valence-electron chi connectivity index (χ2n) is 4.18. The lowest BCUT2D eigenvalue weighted by atomic mass is 9.92. The van der Waals surface area contributed by atoms with Crippen LogP contribution in [0, 0.1) is 12.8 Å². The van der Waals surface area contributed by atoms with Crippen molar-refractivity contribution in [1.29, 1.82) is 0 Å². The fourth-order valence-corrected chi connectivity index (χ4v) is 2.24. The van der Waals surface area contributed by atoms with Crippen LogP contribution in [0.15, 0.2) is 16.6 Å². The number of benzene rings is 1. The number of Topliss-reactive ketones (excluding diaryl/α,β-unsaturated/α-hetero) is 1. The number of methoxy groups -OCH3 is 1. The summed E-state index contributed by atoms with van der Waals surface area (Å²) in [4.78, 5) is 12.3. The van der Waals surface area contributed by atoms with Gasteiger partial charge in [0.2, 0.25) is 0 Å². The number of halogens is 1. The fourth-order valence-electron chi connectivity index (χ4n) is 1.90. The lowest BCUT2D eigenvalue weighted by molar-refractivity contribution is 0.0910. The van der Waals surface area contributed by atoms with Gasteiger partial charge in [-0.2, -0.15) is 0 Å². The van der Waals surface area contributed by atoms with Gasteiger partial charge < -0.3 is 4.74 Å². The largest absolute Gasteiger partial charge is 0.496 e. The van der Waals surface area contributed by atoms with Crippen LogP contribution in [-0.2, 0) is 0 Å². The molecule has 1 rings (SSSR count). The highest BCUT2D eigenvalue weighted by Gasteiger charge is 2.21. The molecule has 0 spiro atoms. The van der Waals surface area contributed by atoms with E-state index in [2.05, 4.69) is 15.9 Å². The molecule has 0 amide bonds. The maximum absolute atomic E-state index is 12.3. The van der Waals surface area contributed by atoms with Crippen LogP contribution < -0.4 is 4.74 Å². The Morgan fingerprint density at radius 2 is 1.94 bits per heavy atom. The summed E-state index contributed by atoms with van der Waals surface area (Å²) in [6.07, 6.45) is 1.73. The highest BCUT2D eigenvalue weighted by Crippen LogP contribution is 2.30. The summed E-state index contributed by atoms with van der Waals surface area (Å²) in [7, 11) is 1.60. The van der Waals surface area contributed by atoms with Gasteiger partial charge in [-0.15, -0.1) is 0 Å². The Kier molecular flexibility index (Phi) is 5.19. The lowest BCUT2D eigenvalue weighted by Crippen LogP contribution is -2.14. The molecule has 0 aliphatic rings. The van der Waals surface area contributed by atoms with Gasteiger partial charge in [-0.25, -0.2) is 0 Å². The van der Waals surface area contributed by atoms with Crippen molar-refractivity contribution in [3.05, 3.63) is 27.7 Å². The summed E-state index contributed by atoms with van der Waals surface area (Å²) in [5, 5.41) is 0. The first-order valence-electron chi connectivity index (χ1n) is 5.93. The first-order valence-corrected chi connectivity index (χ1v) is 6.72. The molecular weight excluding hydrogens is 280 g/mol. The molecule has 1 aromatic carbocycles. The van der Waals surface area contributed by atoms with Gasteiger partial charge in [-0.05, 0) is 37.5 Å². The molecule has 0 aliphatic carbocycles. The van der Waals surface area contributed by atoms with Crippen LogP contribution in [0.5, 0.6) is 5.75 Å². The second-order valence-corrected chi connectivity index (χ2v) is 5.03. The van der Waals surface area contributed by atoms with Gasteiger partial charge in [0.25, 0.3) is 0 Å². The molecule has 0 saturated heterocycles.